The Morgan fingerprint density at radius 3 is 1.77 bits per heavy atom. The van der Waals surface area contributed by atoms with Crippen molar-refractivity contribution in [2.45, 2.75) is 0 Å². The lowest BCUT2D eigenvalue weighted by Crippen LogP contribution is -2.00. The van der Waals surface area contributed by atoms with Crippen LogP contribution in [-0.4, -0.2) is 15.0 Å². The third-order valence-electron chi connectivity index (χ3n) is 9.28. The van der Waals surface area contributed by atoms with E-state index in [9.17, 15) is 0 Å². The minimum absolute atomic E-state index is 0.611. The molecular formula is C43H25N3O. The van der Waals surface area contributed by atoms with Gasteiger partial charge < -0.3 is 4.42 Å². The first kappa shape index (κ1) is 25.9. The molecule has 218 valence electrons. The zero-order valence-corrected chi connectivity index (χ0v) is 25.2. The van der Waals surface area contributed by atoms with E-state index < -0.39 is 0 Å². The van der Waals surface area contributed by atoms with Gasteiger partial charge in [-0.15, -0.1) is 0 Å². The Hall–Kier alpha value is -6.39. The van der Waals surface area contributed by atoms with Crippen molar-refractivity contribution in [1.82, 2.24) is 15.0 Å². The van der Waals surface area contributed by atoms with Crippen molar-refractivity contribution in [3.63, 3.8) is 0 Å². The van der Waals surface area contributed by atoms with Gasteiger partial charge in [0.2, 0.25) is 0 Å². The molecule has 2 aromatic heterocycles. The summed E-state index contributed by atoms with van der Waals surface area (Å²) in [6.07, 6.45) is 0. The lowest BCUT2D eigenvalue weighted by molar-refractivity contribution is 0.669. The second-order valence-corrected chi connectivity index (χ2v) is 12.0. The largest absolute Gasteiger partial charge is 0.456 e. The van der Waals surface area contributed by atoms with Crippen LogP contribution in [0.15, 0.2) is 156 Å². The van der Waals surface area contributed by atoms with Crippen molar-refractivity contribution in [2.75, 3.05) is 0 Å². The Kier molecular flexibility index (Phi) is 5.54. The fourth-order valence-corrected chi connectivity index (χ4v) is 7.10. The predicted octanol–water partition coefficient (Wildman–Crippen LogP) is 11.2. The number of aromatic nitrogens is 3. The topological polar surface area (TPSA) is 51.8 Å². The summed E-state index contributed by atoms with van der Waals surface area (Å²) < 4.78 is 6.44. The summed E-state index contributed by atoms with van der Waals surface area (Å²) in [5.41, 5.74) is 11.7. The molecule has 0 fully saturated rings. The minimum Gasteiger partial charge on any atom is -0.456 e. The molecule has 4 heteroatoms. The highest BCUT2D eigenvalue weighted by atomic mass is 16.3. The van der Waals surface area contributed by atoms with E-state index in [1.165, 1.54) is 33.0 Å². The molecule has 10 rings (SSSR count). The number of hydrogen-bond donors (Lipinski definition) is 0. The normalized spacial score (nSPS) is 11.8. The summed E-state index contributed by atoms with van der Waals surface area (Å²) >= 11 is 0. The molecule has 0 saturated heterocycles. The molecule has 0 bridgehead atoms. The van der Waals surface area contributed by atoms with Crippen molar-refractivity contribution in [2.24, 2.45) is 0 Å². The molecule has 0 unspecified atom stereocenters. The highest BCUT2D eigenvalue weighted by molar-refractivity contribution is 6.16. The van der Waals surface area contributed by atoms with Gasteiger partial charge in [-0.2, -0.15) is 0 Å². The van der Waals surface area contributed by atoms with Gasteiger partial charge >= 0.3 is 0 Å². The van der Waals surface area contributed by atoms with Crippen LogP contribution >= 0.6 is 0 Å². The number of fused-ring (bicyclic) bond motifs is 6. The van der Waals surface area contributed by atoms with Crippen molar-refractivity contribution in [3.8, 4) is 67.5 Å². The zero-order valence-electron chi connectivity index (χ0n) is 25.2. The summed E-state index contributed by atoms with van der Waals surface area (Å²) in [6.45, 7) is 0. The molecule has 1 aliphatic rings. The fraction of sp³-hybridized carbons (Fsp3) is 0. The van der Waals surface area contributed by atoms with Gasteiger partial charge in [-0.3, -0.25) is 0 Å². The Labute approximate surface area is 270 Å². The lowest BCUT2D eigenvalue weighted by Gasteiger charge is -2.10. The van der Waals surface area contributed by atoms with Crippen LogP contribution in [0.4, 0.5) is 0 Å². The number of rotatable bonds is 4. The molecule has 4 nitrogen and oxygen atoms in total. The highest BCUT2D eigenvalue weighted by Crippen LogP contribution is 2.48. The van der Waals surface area contributed by atoms with Gasteiger partial charge in [0, 0.05) is 27.5 Å². The van der Waals surface area contributed by atoms with E-state index in [1.807, 2.05) is 48.5 Å². The number of benzene rings is 7. The molecule has 9 aromatic rings. The summed E-state index contributed by atoms with van der Waals surface area (Å²) in [6, 6.07) is 52.7. The Balaban J connectivity index is 1.17. The van der Waals surface area contributed by atoms with Gasteiger partial charge in [-0.25, -0.2) is 15.0 Å². The molecule has 1 aliphatic carbocycles. The molecule has 0 spiro atoms. The molecule has 0 radical (unpaired) electrons. The monoisotopic (exact) mass is 599 g/mol. The van der Waals surface area contributed by atoms with E-state index >= 15 is 0 Å². The molecule has 0 saturated carbocycles. The second-order valence-electron chi connectivity index (χ2n) is 12.0. The molecule has 0 atom stereocenters. The van der Waals surface area contributed by atoms with E-state index in [1.54, 1.807) is 0 Å². The van der Waals surface area contributed by atoms with E-state index in [2.05, 4.69) is 103 Å². The molecule has 0 amide bonds. The SMILES string of the molecule is c1ccc(-c2ccc3c(c2)oc2cccc(-c4nc(-c5ccccc5)nc(-c5ccc6c(c5)-c5cccc7cccc-6c57)n4)c23)cc1. The molecule has 7 aromatic carbocycles. The third-order valence-corrected chi connectivity index (χ3v) is 9.28. The minimum atomic E-state index is 0.611. The van der Waals surface area contributed by atoms with Gasteiger partial charge in [0.15, 0.2) is 17.5 Å². The predicted molar refractivity (Wildman–Crippen MR) is 191 cm³/mol. The van der Waals surface area contributed by atoms with Gasteiger partial charge in [-0.05, 0) is 68.4 Å². The Bertz CT molecular complexity index is 2670. The quantitative estimate of drug-likeness (QED) is 0.202. The Morgan fingerprint density at radius 2 is 0.979 bits per heavy atom. The summed E-state index contributed by atoms with van der Waals surface area (Å²) in [7, 11) is 0. The van der Waals surface area contributed by atoms with Crippen LogP contribution < -0.4 is 0 Å². The summed E-state index contributed by atoms with van der Waals surface area (Å²) in [5, 5.41) is 4.58. The maximum Gasteiger partial charge on any atom is 0.164 e. The smallest absolute Gasteiger partial charge is 0.164 e. The fourth-order valence-electron chi connectivity index (χ4n) is 7.10. The maximum absolute atomic E-state index is 6.44. The average molecular weight is 600 g/mol. The molecule has 0 N–H and O–H groups in total. The van der Waals surface area contributed by atoms with E-state index in [4.69, 9.17) is 19.4 Å². The van der Waals surface area contributed by atoms with Crippen LogP contribution in [0.2, 0.25) is 0 Å². The average Bonchev–Trinajstić information content (AvgIpc) is 3.68. The van der Waals surface area contributed by atoms with E-state index in [0.29, 0.717) is 17.5 Å². The van der Waals surface area contributed by atoms with Crippen LogP contribution in [-0.2, 0) is 0 Å². The number of nitrogens with zero attached hydrogens (tertiary/aromatic N) is 3. The van der Waals surface area contributed by atoms with Crippen molar-refractivity contribution >= 4 is 32.7 Å². The first-order valence-electron chi connectivity index (χ1n) is 15.8. The Morgan fingerprint density at radius 1 is 0.340 bits per heavy atom. The first-order chi connectivity index (χ1) is 23.3. The van der Waals surface area contributed by atoms with Crippen LogP contribution in [0.25, 0.3) is 100 Å². The van der Waals surface area contributed by atoms with Gasteiger partial charge in [0.05, 0.1) is 0 Å². The third kappa shape index (κ3) is 4.05. The zero-order chi connectivity index (χ0) is 30.9. The first-order valence-corrected chi connectivity index (χ1v) is 15.8. The van der Waals surface area contributed by atoms with Crippen molar-refractivity contribution in [3.05, 3.63) is 152 Å². The number of hydrogen-bond acceptors (Lipinski definition) is 4. The van der Waals surface area contributed by atoms with E-state index in [-0.39, 0.29) is 0 Å². The molecular weight excluding hydrogens is 574 g/mol. The molecule has 0 aliphatic heterocycles. The molecule has 47 heavy (non-hydrogen) atoms. The maximum atomic E-state index is 6.44. The second kappa shape index (κ2) is 10.1. The van der Waals surface area contributed by atoms with Gasteiger partial charge in [-0.1, -0.05) is 127 Å². The van der Waals surface area contributed by atoms with Gasteiger partial charge in [0.25, 0.3) is 0 Å². The van der Waals surface area contributed by atoms with E-state index in [0.717, 1.165) is 49.8 Å². The highest BCUT2D eigenvalue weighted by Gasteiger charge is 2.23. The van der Waals surface area contributed by atoms with Crippen LogP contribution in [0.5, 0.6) is 0 Å². The van der Waals surface area contributed by atoms with Gasteiger partial charge in [0.1, 0.15) is 11.2 Å². The van der Waals surface area contributed by atoms with Crippen molar-refractivity contribution in [1.29, 1.82) is 0 Å². The van der Waals surface area contributed by atoms with Crippen LogP contribution in [0, 0.1) is 0 Å². The molecule has 2 heterocycles. The summed E-state index contributed by atoms with van der Waals surface area (Å²) in [4.78, 5) is 15.3. The van der Waals surface area contributed by atoms with Crippen LogP contribution in [0.3, 0.4) is 0 Å². The lowest BCUT2D eigenvalue weighted by atomic mass is 10.0. The van der Waals surface area contributed by atoms with Crippen LogP contribution in [0.1, 0.15) is 0 Å². The van der Waals surface area contributed by atoms with Crippen molar-refractivity contribution < 1.29 is 4.42 Å². The summed E-state index contributed by atoms with van der Waals surface area (Å²) in [5.74, 6) is 1.88. The number of furan rings is 1. The standard InChI is InChI=1S/C43H25N3O/c1-3-10-26(11-4-1)29-20-23-34-38(25-29)47-37-19-9-18-35(40(34)37)43-45-41(28-12-5-2-6-13-28)44-42(46-43)30-21-22-31-32-16-7-14-27-15-8-17-33(39(27)32)36(31)24-30/h1-25H.